The second-order valence-corrected chi connectivity index (χ2v) is 6.81. The van der Waals surface area contributed by atoms with Crippen molar-refractivity contribution in [1.82, 2.24) is 4.90 Å². The predicted molar refractivity (Wildman–Crippen MR) is 109 cm³/mol. The van der Waals surface area contributed by atoms with Crippen LogP contribution in [0.5, 0.6) is 5.75 Å². The summed E-state index contributed by atoms with van der Waals surface area (Å²) in [5.41, 5.74) is 0.488. The molecule has 8 nitrogen and oxygen atoms in total. The summed E-state index contributed by atoms with van der Waals surface area (Å²) in [4.78, 5) is 24.6. The number of anilines is 2. The number of likely N-dealkylation sites (N-methyl/N-ethyl adjacent to an activating group) is 1. The third-order valence-corrected chi connectivity index (χ3v) is 4.23. The maximum Gasteiger partial charge on any atom is 0.323 e. The highest BCUT2D eigenvalue weighted by atomic mass is 127. The van der Waals surface area contributed by atoms with Crippen LogP contribution < -0.4 is 15.4 Å². The summed E-state index contributed by atoms with van der Waals surface area (Å²) in [5.74, 6) is 0.663. The molecule has 0 unspecified atom stereocenters. The SMILES string of the molecule is CN(C)CCOc1cc(NC(=O)Nc2ccccc2[N+](=O)[O-])ccc1I. The van der Waals surface area contributed by atoms with Crippen molar-refractivity contribution in [2.45, 2.75) is 0 Å². The molecule has 9 heteroatoms. The van der Waals surface area contributed by atoms with Crippen LogP contribution in [0.15, 0.2) is 42.5 Å². The first-order chi connectivity index (χ1) is 12.4. The number of halogens is 1. The Balaban J connectivity index is 2.04. The van der Waals surface area contributed by atoms with Gasteiger partial charge < -0.3 is 20.3 Å². The second-order valence-electron chi connectivity index (χ2n) is 5.65. The molecule has 0 spiro atoms. The number of urea groups is 1. The summed E-state index contributed by atoms with van der Waals surface area (Å²) < 4.78 is 6.65. The maximum absolute atomic E-state index is 12.2. The number of hydrogen-bond donors (Lipinski definition) is 2. The van der Waals surface area contributed by atoms with Crippen molar-refractivity contribution in [1.29, 1.82) is 0 Å². The minimum atomic E-state index is -0.570. The number of hydrogen-bond acceptors (Lipinski definition) is 5. The van der Waals surface area contributed by atoms with Crippen LogP contribution in [0.25, 0.3) is 0 Å². The summed E-state index contributed by atoms with van der Waals surface area (Å²) >= 11 is 2.16. The molecule has 2 amide bonds. The molecule has 2 aromatic carbocycles. The lowest BCUT2D eigenvalue weighted by atomic mass is 10.2. The van der Waals surface area contributed by atoms with E-state index in [2.05, 4.69) is 33.2 Å². The van der Waals surface area contributed by atoms with Crippen molar-refractivity contribution in [3.05, 3.63) is 56.1 Å². The van der Waals surface area contributed by atoms with E-state index in [9.17, 15) is 14.9 Å². The molecule has 0 heterocycles. The lowest BCUT2D eigenvalue weighted by molar-refractivity contribution is -0.383. The molecule has 0 radical (unpaired) electrons. The molecule has 0 aliphatic carbocycles. The largest absolute Gasteiger partial charge is 0.491 e. The van der Waals surface area contributed by atoms with E-state index in [1.54, 1.807) is 18.2 Å². The minimum Gasteiger partial charge on any atom is -0.491 e. The molecule has 2 rings (SSSR count). The van der Waals surface area contributed by atoms with Gasteiger partial charge in [-0.25, -0.2) is 4.79 Å². The number of ether oxygens (including phenoxy) is 1. The van der Waals surface area contributed by atoms with E-state index in [0.717, 1.165) is 10.1 Å². The van der Waals surface area contributed by atoms with Crippen molar-refractivity contribution >= 4 is 45.7 Å². The van der Waals surface area contributed by atoms with Gasteiger partial charge in [-0.15, -0.1) is 0 Å². The monoisotopic (exact) mass is 470 g/mol. The number of nitro groups is 1. The van der Waals surface area contributed by atoms with Gasteiger partial charge in [-0.3, -0.25) is 10.1 Å². The molecular weight excluding hydrogens is 451 g/mol. The number of benzene rings is 2. The summed E-state index contributed by atoms with van der Waals surface area (Å²) in [6.45, 7) is 1.29. The molecule has 0 bridgehead atoms. The minimum absolute atomic E-state index is 0.128. The van der Waals surface area contributed by atoms with Gasteiger partial charge in [-0.05, 0) is 54.9 Å². The van der Waals surface area contributed by atoms with E-state index in [-0.39, 0.29) is 11.4 Å². The first-order valence-electron chi connectivity index (χ1n) is 7.75. The molecular formula is C17H19IN4O4. The van der Waals surface area contributed by atoms with Crippen LogP contribution in [0.4, 0.5) is 21.9 Å². The van der Waals surface area contributed by atoms with Crippen LogP contribution in [0.2, 0.25) is 0 Å². The standard InChI is InChI=1S/C17H19IN4O4/c1-21(2)9-10-26-16-11-12(7-8-13(16)18)19-17(23)20-14-5-3-4-6-15(14)22(24)25/h3-8,11H,9-10H2,1-2H3,(H2,19,20,23). The first-order valence-corrected chi connectivity index (χ1v) is 8.83. The van der Waals surface area contributed by atoms with Crippen molar-refractivity contribution < 1.29 is 14.5 Å². The lowest BCUT2D eigenvalue weighted by Crippen LogP contribution is -2.21. The quantitative estimate of drug-likeness (QED) is 0.365. The number of para-hydroxylation sites is 2. The zero-order chi connectivity index (χ0) is 19.1. The summed E-state index contributed by atoms with van der Waals surface area (Å²) in [6.07, 6.45) is 0. The fraction of sp³-hybridized carbons (Fsp3) is 0.235. The molecule has 0 fully saturated rings. The smallest absolute Gasteiger partial charge is 0.323 e. The maximum atomic E-state index is 12.2. The molecule has 0 aromatic heterocycles. The van der Waals surface area contributed by atoms with Gasteiger partial charge >= 0.3 is 6.03 Å². The van der Waals surface area contributed by atoms with Crippen LogP contribution in [-0.2, 0) is 0 Å². The van der Waals surface area contributed by atoms with E-state index in [0.29, 0.717) is 18.0 Å². The Morgan fingerprint density at radius 3 is 2.65 bits per heavy atom. The Hall–Kier alpha value is -2.40. The van der Waals surface area contributed by atoms with E-state index < -0.39 is 11.0 Å². The van der Waals surface area contributed by atoms with E-state index in [4.69, 9.17) is 4.74 Å². The van der Waals surface area contributed by atoms with Crippen LogP contribution >= 0.6 is 22.6 Å². The van der Waals surface area contributed by atoms with E-state index >= 15 is 0 Å². The van der Waals surface area contributed by atoms with Crippen LogP contribution in [0, 0.1) is 13.7 Å². The Bertz CT molecular complexity index is 798. The predicted octanol–water partition coefficient (Wildman–Crippen LogP) is 3.78. The van der Waals surface area contributed by atoms with Gasteiger partial charge in [0.25, 0.3) is 5.69 Å². The number of carbonyl (C=O) groups is 1. The van der Waals surface area contributed by atoms with Gasteiger partial charge in [-0.1, -0.05) is 12.1 Å². The molecule has 0 saturated heterocycles. The molecule has 0 aliphatic rings. The Morgan fingerprint density at radius 2 is 1.96 bits per heavy atom. The summed E-state index contributed by atoms with van der Waals surface area (Å²) in [5, 5.41) is 16.2. The first kappa shape index (κ1) is 19.9. The normalized spacial score (nSPS) is 10.5. The summed E-state index contributed by atoms with van der Waals surface area (Å²) in [6, 6.07) is 10.7. The average Bonchev–Trinajstić information content (AvgIpc) is 2.57. The fourth-order valence-corrected chi connectivity index (χ4v) is 2.54. The number of nitrogens with zero attached hydrogens (tertiary/aromatic N) is 2. The number of nitrogens with one attached hydrogen (secondary N) is 2. The van der Waals surface area contributed by atoms with Crippen LogP contribution in [0.1, 0.15) is 0 Å². The lowest BCUT2D eigenvalue weighted by Gasteiger charge is -2.14. The van der Waals surface area contributed by atoms with Crippen molar-refractivity contribution in [2.75, 3.05) is 37.9 Å². The number of amides is 2. The van der Waals surface area contributed by atoms with Crippen molar-refractivity contribution in [2.24, 2.45) is 0 Å². The third kappa shape index (κ3) is 5.85. The number of rotatable bonds is 7. The van der Waals surface area contributed by atoms with Crippen molar-refractivity contribution in [3.63, 3.8) is 0 Å². The molecule has 138 valence electrons. The fourth-order valence-electron chi connectivity index (χ4n) is 2.05. The topological polar surface area (TPSA) is 96.7 Å². The molecule has 26 heavy (non-hydrogen) atoms. The van der Waals surface area contributed by atoms with E-state index in [1.807, 2.05) is 25.1 Å². The third-order valence-electron chi connectivity index (χ3n) is 3.33. The van der Waals surface area contributed by atoms with Gasteiger partial charge in [-0.2, -0.15) is 0 Å². The molecule has 2 aromatic rings. The average molecular weight is 470 g/mol. The zero-order valence-corrected chi connectivity index (χ0v) is 16.5. The summed E-state index contributed by atoms with van der Waals surface area (Å²) in [7, 11) is 3.92. The Morgan fingerprint density at radius 1 is 1.23 bits per heavy atom. The highest BCUT2D eigenvalue weighted by Crippen LogP contribution is 2.26. The number of carbonyl (C=O) groups excluding carboxylic acids is 1. The highest BCUT2D eigenvalue weighted by molar-refractivity contribution is 14.1. The van der Waals surface area contributed by atoms with Gasteiger partial charge in [0.1, 0.15) is 18.0 Å². The Kier molecular flexibility index (Phi) is 7.16. The zero-order valence-electron chi connectivity index (χ0n) is 14.4. The van der Waals surface area contributed by atoms with Gasteiger partial charge in [0, 0.05) is 24.4 Å². The van der Waals surface area contributed by atoms with Gasteiger partial charge in [0.15, 0.2) is 0 Å². The molecule has 0 atom stereocenters. The molecule has 0 aliphatic heterocycles. The number of nitro benzene ring substituents is 1. The van der Waals surface area contributed by atoms with Crippen LogP contribution in [-0.4, -0.2) is 43.1 Å². The van der Waals surface area contributed by atoms with Crippen LogP contribution in [0.3, 0.4) is 0 Å². The Labute approximate surface area is 164 Å². The molecule has 0 saturated carbocycles. The van der Waals surface area contributed by atoms with Gasteiger partial charge in [0.05, 0.1) is 8.49 Å². The van der Waals surface area contributed by atoms with Gasteiger partial charge in [0.2, 0.25) is 0 Å². The molecule has 2 N–H and O–H groups in total. The second kappa shape index (κ2) is 9.34. The van der Waals surface area contributed by atoms with E-state index in [1.165, 1.54) is 18.2 Å². The highest BCUT2D eigenvalue weighted by Gasteiger charge is 2.15. The van der Waals surface area contributed by atoms with Crippen molar-refractivity contribution in [3.8, 4) is 5.75 Å².